The van der Waals surface area contributed by atoms with Gasteiger partial charge in [0.2, 0.25) is 0 Å². The Morgan fingerprint density at radius 1 is 0.453 bits per heavy atom. The first kappa shape index (κ1) is 39.2. The molecule has 312 valence electrons. The second-order valence-electron chi connectivity index (χ2n) is 18.9. The van der Waals surface area contributed by atoms with E-state index in [9.17, 15) is 0 Å². The first-order valence-corrected chi connectivity index (χ1v) is 23.3. The van der Waals surface area contributed by atoms with Gasteiger partial charge in [0.25, 0.3) is 0 Å². The fraction of sp³-hybridized carbons (Fsp3) is 0.172. The van der Waals surface area contributed by atoms with Gasteiger partial charge in [-0.1, -0.05) is 103 Å². The summed E-state index contributed by atoms with van der Waals surface area (Å²) in [6.45, 7) is 17.4. The molecule has 0 radical (unpaired) electrons. The van der Waals surface area contributed by atoms with Crippen LogP contribution in [0.4, 0.5) is 0 Å². The third kappa shape index (κ3) is 5.69. The molecule has 0 bridgehead atoms. The molecular formula is C58H49BN2O2S. The molecule has 8 aromatic carbocycles. The van der Waals surface area contributed by atoms with Gasteiger partial charge in [-0.25, -0.2) is 0 Å². The highest BCUT2D eigenvalue weighted by Crippen LogP contribution is 2.46. The highest BCUT2D eigenvalue weighted by Gasteiger charge is 2.52. The highest BCUT2D eigenvalue weighted by molar-refractivity contribution is 7.26. The lowest BCUT2D eigenvalue weighted by molar-refractivity contribution is 0.00578. The van der Waals surface area contributed by atoms with E-state index < -0.39 is 18.3 Å². The number of para-hydroxylation sites is 4. The maximum atomic E-state index is 6.65. The number of aromatic nitrogens is 2. The molecule has 64 heavy (non-hydrogen) atoms. The lowest BCUT2D eigenvalue weighted by Gasteiger charge is -2.32. The third-order valence-electron chi connectivity index (χ3n) is 14.5. The van der Waals surface area contributed by atoms with E-state index in [0.29, 0.717) is 0 Å². The normalized spacial score (nSPS) is 15.0. The smallest absolute Gasteiger partial charge is 0.399 e. The molecular weight excluding hydrogens is 800 g/mol. The van der Waals surface area contributed by atoms with E-state index in [1.165, 1.54) is 108 Å². The standard InChI is InChI=1S/C58H49BN2O2S/c1-34-30-38(54-35(2)29-36(3)55(37(54)4)59-62-57(5,6)58(7,8)63-59)25-27-41(34)47-32-40(61-51-23-15-11-19-44(51)45-20-12-16-24-52(45)61)33-48-46-31-39(26-28-53(46)64-56(47)48)60-49-21-13-9-17-42(49)43-18-10-14-22-50(43)60/h9-33H,1-8H3. The number of aryl methyl sites for hydroxylation is 3. The molecule has 0 unspecified atom stereocenters. The van der Waals surface area contributed by atoms with Gasteiger partial charge in [0.15, 0.2) is 0 Å². The Kier molecular flexibility index (Phi) is 8.59. The minimum Gasteiger partial charge on any atom is -0.399 e. The topological polar surface area (TPSA) is 28.3 Å². The number of rotatable bonds is 5. The van der Waals surface area contributed by atoms with E-state index >= 15 is 0 Å². The van der Waals surface area contributed by atoms with Crippen molar-refractivity contribution in [3.05, 3.63) is 174 Å². The molecule has 0 aliphatic carbocycles. The Hall–Kier alpha value is -6.44. The van der Waals surface area contributed by atoms with Crippen LogP contribution in [0.3, 0.4) is 0 Å². The summed E-state index contributed by atoms with van der Waals surface area (Å²) < 4.78 is 20.8. The SMILES string of the molecule is Cc1cc(-c2c(C)cc(C)c(B3OC(C)(C)C(C)(C)O3)c2C)ccc1-c1cc(-n2c3ccccc3c3ccccc32)cc2c1sc1ccc(-n3c4ccccc4c4ccccc43)cc12. The number of nitrogens with zero attached hydrogens (tertiary/aromatic N) is 2. The fourth-order valence-corrected chi connectivity index (χ4v) is 12.0. The van der Waals surface area contributed by atoms with Crippen molar-refractivity contribution in [1.29, 1.82) is 0 Å². The summed E-state index contributed by atoms with van der Waals surface area (Å²) in [5.41, 5.74) is 17.3. The maximum absolute atomic E-state index is 6.65. The van der Waals surface area contributed by atoms with Crippen molar-refractivity contribution >= 4 is 87.7 Å². The van der Waals surface area contributed by atoms with Crippen molar-refractivity contribution in [2.75, 3.05) is 0 Å². The summed E-state index contributed by atoms with van der Waals surface area (Å²) in [5, 5.41) is 7.57. The van der Waals surface area contributed by atoms with E-state index in [0.717, 1.165) is 16.8 Å². The van der Waals surface area contributed by atoms with Crippen LogP contribution >= 0.6 is 11.3 Å². The molecule has 3 aromatic heterocycles. The summed E-state index contributed by atoms with van der Waals surface area (Å²) in [6, 6.07) is 56.5. The van der Waals surface area contributed by atoms with Crippen LogP contribution in [0.5, 0.6) is 0 Å². The zero-order chi connectivity index (χ0) is 43.8. The molecule has 0 spiro atoms. The van der Waals surface area contributed by atoms with Crippen LogP contribution in [-0.2, 0) is 9.31 Å². The molecule has 11 aromatic rings. The molecule has 1 aliphatic rings. The predicted molar refractivity (Wildman–Crippen MR) is 274 cm³/mol. The zero-order valence-corrected chi connectivity index (χ0v) is 38.4. The van der Waals surface area contributed by atoms with Crippen molar-refractivity contribution in [2.24, 2.45) is 0 Å². The number of hydrogen-bond acceptors (Lipinski definition) is 3. The van der Waals surface area contributed by atoms with Crippen molar-refractivity contribution < 1.29 is 9.31 Å². The largest absolute Gasteiger partial charge is 0.495 e. The van der Waals surface area contributed by atoms with Crippen LogP contribution in [0.1, 0.15) is 49.9 Å². The zero-order valence-electron chi connectivity index (χ0n) is 37.6. The summed E-state index contributed by atoms with van der Waals surface area (Å²) >= 11 is 1.89. The molecule has 4 heterocycles. The molecule has 0 saturated carbocycles. The predicted octanol–water partition coefficient (Wildman–Crippen LogP) is 15.1. The van der Waals surface area contributed by atoms with E-state index in [1.54, 1.807) is 0 Å². The third-order valence-corrected chi connectivity index (χ3v) is 15.8. The van der Waals surface area contributed by atoms with Gasteiger partial charge < -0.3 is 18.4 Å². The Labute approximate surface area is 378 Å². The van der Waals surface area contributed by atoms with Gasteiger partial charge in [0.05, 0.1) is 33.3 Å². The van der Waals surface area contributed by atoms with E-state index in [1.807, 2.05) is 11.3 Å². The Balaban J connectivity index is 1.08. The molecule has 1 saturated heterocycles. The van der Waals surface area contributed by atoms with Gasteiger partial charge in [-0.15, -0.1) is 11.3 Å². The van der Waals surface area contributed by atoms with E-state index in [4.69, 9.17) is 9.31 Å². The quantitative estimate of drug-likeness (QED) is 0.161. The summed E-state index contributed by atoms with van der Waals surface area (Å²) in [7, 11) is -0.426. The van der Waals surface area contributed by atoms with Gasteiger partial charge in [0.1, 0.15) is 0 Å². The molecule has 0 amide bonds. The fourth-order valence-electron chi connectivity index (χ4n) is 10.8. The second-order valence-corrected chi connectivity index (χ2v) is 20.0. The molecule has 6 heteroatoms. The van der Waals surface area contributed by atoms with Gasteiger partial charge in [-0.2, -0.15) is 0 Å². The lowest BCUT2D eigenvalue weighted by atomic mass is 9.70. The molecule has 0 N–H and O–H groups in total. The molecule has 12 rings (SSSR count). The lowest BCUT2D eigenvalue weighted by Crippen LogP contribution is -2.41. The van der Waals surface area contributed by atoms with Gasteiger partial charge in [-0.3, -0.25) is 0 Å². The maximum Gasteiger partial charge on any atom is 0.495 e. The number of benzene rings is 8. The summed E-state index contributed by atoms with van der Waals surface area (Å²) in [4.78, 5) is 0. The van der Waals surface area contributed by atoms with E-state index in [-0.39, 0.29) is 0 Å². The van der Waals surface area contributed by atoms with Crippen molar-refractivity contribution in [3.8, 4) is 33.6 Å². The first-order valence-electron chi connectivity index (χ1n) is 22.4. The van der Waals surface area contributed by atoms with Gasteiger partial charge >= 0.3 is 7.12 Å². The van der Waals surface area contributed by atoms with Crippen LogP contribution in [0.25, 0.3) is 97.4 Å². The van der Waals surface area contributed by atoms with Gasteiger partial charge in [-0.05, 0) is 149 Å². The van der Waals surface area contributed by atoms with E-state index in [2.05, 4.69) is 216 Å². The van der Waals surface area contributed by atoms with Crippen LogP contribution in [0, 0.1) is 27.7 Å². The Morgan fingerprint density at radius 2 is 0.969 bits per heavy atom. The highest BCUT2D eigenvalue weighted by atomic mass is 32.1. The minimum atomic E-state index is -0.426. The molecule has 4 nitrogen and oxygen atoms in total. The molecule has 1 aliphatic heterocycles. The summed E-state index contributed by atoms with van der Waals surface area (Å²) in [5.74, 6) is 0. The number of fused-ring (bicyclic) bond motifs is 9. The summed E-state index contributed by atoms with van der Waals surface area (Å²) in [6.07, 6.45) is 0. The Bertz CT molecular complexity index is 3630. The minimum absolute atomic E-state index is 0.419. The number of thiophene rings is 1. The van der Waals surface area contributed by atoms with Crippen LogP contribution in [0.2, 0.25) is 0 Å². The monoisotopic (exact) mass is 848 g/mol. The average molecular weight is 849 g/mol. The van der Waals surface area contributed by atoms with Crippen LogP contribution in [0.15, 0.2) is 152 Å². The van der Waals surface area contributed by atoms with Crippen molar-refractivity contribution in [3.63, 3.8) is 0 Å². The molecule has 0 atom stereocenters. The van der Waals surface area contributed by atoms with Crippen molar-refractivity contribution in [2.45, 2.75) is 66.6 Å². The second kappa shape index (κ2) is 14.0. The van der Waals surface area contributed by atoms with Crippen molar-refractivity contribution in [1.82, 2.24) is 9.13 Å². The van der Waals surface area contributed by atoms with Crippen LogP contribution < -0.4 is 5.46 Å². The van der Waals surface area contributed by atoms with Crippen LogP contribution in [-0.4, -0.2) is 27.5 Å². The Morgan fingerprint density at radius 3 is 1.52 bits per heavy atom. The average Bonchev–Trinajstić information content (AvgIpc) is 3.98. The first-order chi connectivity index (χ1) is 30.9. The molecule has 1 fully saturated rings. The van der Waals surface area contributed by atoms with Gasteiger partial charge in [0, 0.05) is 58.7 Å². The number of hydrogen-bond donors (Lipinski definition) is 0.